The molecule has 0 aromatic rings. The van der Waals surface area contributed by atoms with Crippen molar-refractivity contribution in [3.05, 3.63) is 0 Å². The second-order valence-electron chi connectivity index (χ2n) is 3.86. The molecule has 0 aromatic carbocycles. The van der Waals surface area contributed by atoms with Gasteiger partial charge in [0, 0.05) is 0 Å². The van der Waals surface area contributed by atoms with Crippen LogP contribution < -0.4 is 5.73 Å². The number of carboxylic acid groups (broad SMARTS) is 1. The Labute approximate surface area is 115 Å². The Bertz CT molecular complexity index is 248. The molecule has 0 aliphatic carbocycles. The SMILES string of the molecule is CCCC(I)OC(=O)C[C@@H](CCCN)C(=O)O. The Morgan fingerprint density at radius 1 is 1.41 bits per heavy atom. The number of carboxylic acids is 1. The van der Waals surface area contributed by atoms with Gasteiger partial charge in [-0.2, -0.15) is 0 Å². The first kappa shape index (κ1) is 16.6. The van der Waals surface area contributed by atoms with Gasteiger partial charge in [-0.1, -0.05) is 13.3 Å². The quantitative estimate of drug-likeness (QED) is 0.374. The van der Waals surface area contributed by atoms with E-state index in [1.54, 1.807) is 0 Å². The molecule has 0 aliphatic heterocycles. The van der Waals surface area contributed by atoms with Crippen molar-refractivity contribution in [1.82, 2.24) is 0 Å². The van der Waals surface area contributed by atoms with Crippen LogP contribution in [0.25, 0.3) is 0 Å². The van der Waals surface area contributed by atoms with E-state index in [0.717, 1.165) is 12.8 Å². The highest BCUT2D eigenvalue weighted by atomic mass is 127. The molecule has 17 heavy (non-hydrogen) atoms. The lowest BCUT2D eigenvalue weighted by atomic mass is 10.00. The first-order valence-corrected chi connectivity index (χ1v) is 7.02. The monoisotopic (exact) mass is 357 g/mol. The zero-order valence-corrected chi connectivity index (χ0v) is 12.2. The molecule has 0 aromatic heterocycles. The van der Waals surface area contributed by atoms with Gasteiger partial charge in [-0.05, 0) is 48.4 Å². The fourth-order valence-electron chi connectivity index (χ4n) is 1.35. The van der Waals surface area contributed by atoms with Crippen molar-refractivity contribution in [2.45, 2.75) is 43.1 Å². The minimum atomic E-state index is -0.962. The number of esters is 1. The highest BCUT2D eigenvalue weighted by molar-refractivity contribution is 14.1. The molecule has 0 rings (SSSR count). The first-order chi connectivity index (χ1) is 8.01. The van der Waals surface area contributed by atoms with Crippen LogP contribution in [0.3, 0.4) is 0 Å². The molecule has 0 spiro atoms. The Hall–Kier alpha value is -0.370. The van der Waals surface area contributed by atoms with Gasteiger partial charge in [-0.3, -0.25) is 9.59 Å². The van der Waals surface area contributed by atoms with Gasteiger partial charge >= 0.3 is 11.9 Å². The summed E-state index contributed by atoms with van der Waals surface area (Å²) in [5, 5.41) is 8.94. The minimum Gasteiger partial charge on any atom is -0.481 e. The van der Waals surface area contributed by atoms with Gasteiger partial charge in [0.25, 0.3) is 0 Å². The Balaban J connectivity index is 4.07. The number of nitrogens with two attached hydrogens (primary N) is 1. The van der Waals surface area contributed by atoms with E-state index in [4.69, 9.17) is 15.6 Å². The average Bonchev–Trinajstić information content (AvgIpc) is 2.23. The molecule has 0 aliphatic rings. The van der Waals surface area contributed by atoms with Crippen molar-refractivity contribution >= 4 is 34.5 Å². The highest BCUT2D eigenvalue weighted by Gasteiger charge is 2.22. The second-order valence-corrected chi connectivity index (χ2v) is 5.25. The lowest BCUT2D eigenvalue weighted by Gasteiger charge is -2.14. The minimum absolute atomic E-state index is 0.0709. The van der Waals surface area contributed by atoms with Crippen molar-refractivity contribution in [1.29, 1.82) is 0 Å². The van der Waals surface area contributed by atoms with E-state index in [0.29, 0.717) is 19.4 Å². The van der Waals surface area contributed by atoms with Crippen molar-refractivity contribution in [3.8, 4) is 0 Å². The second kappa shape index (κ2) is 9.64. The number of rotatable bonds is 9. The topological polar surface area (TPSA) is 89.6 Å². The number of alkyl halides is 1. The summed E-state index contributed by atoms with van der Waals surface area (Å²) < 4.78 is 4.93. The molecular weight excluding hydrogens is 337 g/mol. The van der Waals surface area contributed by atoms with Crippen molar-refractivity contribution in [2.24, 2.45) is 11.7 Å². The Morgan fingerprint density at radius 3 is 2.53 bits per heavy atom. The summed E-state index contributed by atoms with van der Waals surface area (Å²) in [5.41, 5.74) is 5.32. The van der Waals surface area contributed by atoms with Gasteiger partial charge in [0.15, 0.2) is 4.11 Å². The predicted molar refractivity (Wildman–Crippen MR) is 72.8 cm³/mol. The molecule has 1 unspecified atom stereocenters. The number of carbonyl (C=O) groups excluding carboxylic acids is 1. The molecule has 0 saturated carbocycles. The van der Waals surface area contributed by atoms with Crippen LogP contribution >= 0.6 is 22.6 Å². The van der Waals surface area contributed by atoms with E-state index >= 15 is 0 Å². The van der Waals surface area contributed by atoms with Gasteiger partial charge < -0.3 is 15.6 Å². The van der Waals surface area contributed by atoms with Gasteiger partial charge in [0.1, 0.15) is 0 Å². The summed E-state index contributed by atoms with van der Waals surface area (Å²) in [6, 6.07) is 0. The molecule has 6 heteroatoms. The maximum atomic E-state index is 11.5. The molecule has 100 valence electrons. The van der Waals surface area contributed by atoms with E-state index in [-0.39, 0.29) is 10.5 Å². The number of hydrogen-bond acceptors (Lipinski definition) is 4. The molecule has 0 fully saturated rings. The maximum absolute atomic E-state index is 11.5. The van der Waals surface area contributed by atoms with E-state index in [2.05, 4.69) is 0 Å². The normalized spacial score (nSPS) is 14.1. The van der Waals surface area contributed by atoms with Crippen LogP contribution in [0.5, 0.6) is 0 Å². The molecule has 5 nitrogen and oxygen atoms in total. The number of halogens is 1. The van der Waals surface area contributed by atoms with Crippen LogP contribution in [-0.4, -0.2) is 27.7 Å². The molecule has 3 N–H and O–H groups in total. The number of aliphatic carboxylic acids is 1. The van der Waals surface area contributed by atoms with Gasteiger partial charge in [0.05, 0.1) is 12.3 Å². The summed E-state index contributed by atoms with van der Waals surface area (Å²) in [6.45, 7) is 2.43. The zero-order chi connectivity index (χ0) is 13.3. The summed E-state index contributed by atoms with van der Waals surface area (Å²) in [4.78, 5) is 22.4. The van der Waals surface area contributed by atoms with Crippen molar-refractivity contribution < 1.29 is 19.4 Å². The van der Waals surface area contributed by atoms with Crippen LogP contribution in [0, 0.1) is 5.92 Å². The fraction of sp³-hybridized carbons (Fsp3) is 0.818. The summed E-state index contributed by atoms with van der Waals surface area (Å²) in [6.07, 6.45) is 2.66. The Kier molecular flexibility index (Phi) is 9.43. The highest BCUT2D eigenvalue weighted by Crippen LogP contribution is 2.16. The third kappa shape index (κ3) is 8.37. The number of carbonyl (C=O) groups is 2. The molecule has 0 bridgehead atoms. The summed E-state index contributed by atoms with van der Waals surface area (Å²) in [7, 11) is 0. The van der Waals surface area contributed by atoms with E-state index in [1.165, 1.54) is 0 Å². The summed E-state index contributed by atoms with van der Waals surface area (Å²) >= 11 is 2.04. The van der Waals surface area contributed by atoms with Crippen LogP contribution in [0.4, 0.5) is 0 Å². The largest absolute Gasteiger partial charge is 0.481 e. The van der Waals surface area contributed by atoms with Gasteiger partial charge in [-0.15, -0.1) is 0 Å². The third-order valence-electron chi connectivity index (χ3n) is 2.29. The molecular formula is C11H20INO4. The first-order valence-electron chi connectivity index (χ1n) is 5.77. The molecule has 0 heterocycles. The van der Waals surface area contributed by atoms with Gasteiger partial charge in [0.2, 0.25) is 0 Å². The van der Waals surface area contributed by atoms with Crippen LogP contribution in [0.1, 0.15) is 39.0 Å². The predicted octanol–water partition coefficient (Wildman–Crippen LogP) is 1.92. The standard InChI is InChI=1S/C11H20INO4/c1-2-4-9(12)17-10(14)7-8(11(15)16)5-3-6-13/h8-9H,2-7,13H2,1H3,(H,15,16)/t8-,9?/m1/s1. The summed E-state index contributed by atoms with van der Waals surface area (Å²) in [5.74, 6) is -2.09. The van der Waals surface area contributed by atoms with Crippen molar-refractivity contribution in [2.75, 3.05) is 6.54 Å². The van der Waals surface area contributed by atoms with Crippen LogP contribution in [0.2, 0.25) is 0 Å². The van der Waals surface area contributed by atoms with Crippen molar-refractivity contribution in [3.63, 3.8) is 0 Å². The third-order valence-corrected chi connectivity index (χ3v) is 3.17. The van der Waals surface area contributed by atoms with Crippen LogP contribution in [0.15, 0.2) is 0 Å². The van der Waals surface area contributed by atoms with Crippen LogP contribution in [-0.2, 0) is 14.3 Å². The number of ether oxygens (including phenoxy) is 1. The molecule has 0 radical (unpaired) electrons. The molecule has 0 amide bonds. The number of hydrogen-bond donors (Lipinski definition) is 2. The lowest BCUT2D eigenvalue weighted by Crippen LogP contribution is -2.22. The smallest absolute Gasteiger partial charge is 0.307 e. The molecule has 2 atom stereocenters. The van der Waals surface area contributed by atoms with Gasteiger partial charge in [-0.25, -0.2) is 0 Å². The maximum Gasteiger partial charge on any atom is 0.307 e. The lowest BCUT2D eigenvalue weighted by molar-refractivity contribution is -0.152. The Morgan fingerprint density at radius 2 is 2.06 bits per heavy atom. The zero-order valence-electron chi connectivity index (χ0n) is 10.0. The van der Waals surface area contributed by atoms with E-state index < -0.39 is 17.9 Å². The average molecular weight is 357 g/mol. The molecule has 0 saturated heterocycles. The van der Waals surface area contributed by atoms with E-state index in [9.17, 15) is 9.59 Å². The fourth-order valence-corrected chi connectivity index (χ4v) is 2.26. The van der Waals surface area contributed by atoms with E-state index in [1.807, 2.05) is 29.5 Å².